The van der Waals surface area contributed by atoms with Gasteiger partial charge in [-0.05, 0) is 73.7 Å². The number of rotatable bonds is 6. The fourth-order valence-electron chi connectivity index (χ4n) is 3.58. The number of Topliss-reactive ketones (excluding diaryl/α,β-unsaturated/α-hetero) is 1. The molecule has 3 aromatic carbocycles. The van der Waals surface area contributed by atoms with Gasteiger partial charge in [0.15, 0.2) is 5.78 Å². The molecule has 0 amide bonds. The number of nitrogens with one attached hydrogen (secondary N) is 1. The SMILES string of the molecule is Cc1ccc(CCCC(=O)c2ccc3nc(-c4c(Cl)cccc4Cl)[nH]c3c2)cc1C. The van der Waals surface area contributed by atoms with Crippen molar-refractivity contribution in [2.24, 2.45) is 0 Å². The van der Waals surface area contributed by atoms with Crippen LogP contribution in [0.1, 0.15) is 39.9 Å². The Balaban J connectivity index is 1.49. The molecule has 0 fully saturated rings. The molecule has 1 N–H and O–H groups in total. The predicted molar refractivity (Wildman–Crippen MR) is 125 cm³/mol. The number of carbonyl (C=O) groups is 1. The molecule has 0 atom stereocenters. The molecule has 0 spiro atoms. The summed E-state index contributed by atoms with van der Waals surface area (Å²) < 4.78 is 0. The monoisotopic (exact) mass is 436 g/mol. The van der Waals surface area contributed by atoms with Crippen LogP contribution in [0.25, 0.3) is 22.4 Å². The fraction of sp³-hybridized carbons (Fsp3) is 0.200. The van der Waals surface area contributed by atoms with Gasteiger partial charge in [-0.2, -0.15) is 0 Å². The zero-order valence-electron chi connectivity index (χ0n) is 16.9. The molecule has 0 aliphatic carbocycles. The van der Waals surface area contributed by atoms with Gasteiger partial charge in [0, 0.05) is 12.0 Å². The maximum absolute atomic E-state index is 12.7. The molecule has 1 aromatic heterocycles. The molecule has 5 heteroatoms. The second-order valence-corrected chi connectivity index (χ2v) is 8.42. The third-order valence-corrected chi connectivity index (χ3v) is 6.07. The molecule has 1 heterocycles. The van der Waals surface area contributed by atoms with Crippen LogP contribution in [0.5, 0.6) is 0 Å². The topological polar surface area (TPSA) is 45.8 Å². The van der Waals surface area contributed by atoms with Gasteiger partial charge in [0.2, 0.25) is 0 Å². The highest BCUT2D eigenvalue weighted by molar-refractivity contribution is 6.39. The first-order chi connectivity index (χ1) is 14.4. The molecule has 0 aliphatic rings. The number of aromatic amines is 1. The number of carbonyl (C=O) groups excluding carboxylic acids is 1. The number of aromatic nitrogens is 2. The average Bonchev–Trinajstić information content (AvgIpc) is 3.13. The number of halogens is 2. The summed E-state index contributed by atoms with van der Waals surface area (Å²) in [7, 11) is 0. The Morgan fingerprint density at radius 2 is 1.73 bits per heavy atom. The fourth-order valence-corrected chi connectivity index (χ4v) is 4.16. The Morgan fingerprint density at radius 3 is 2.47 bits per heavy atom. The van der Waals surface area contributed by atoms with Gasteiger partial charge < -0.3 is 4.98 Å². The summed E-state index contributed by atoms with van der Waals surface area (Å²) in [5.41, 5.74) is 6.77. The number of H-pyrrole nitrogens is 1. The first kappa shape index (κ1) is 20.6. The maximum atomic E-state index is 12.7. The van der Waals surface area contributed by atoms with E-state index in [-0.39, 0.29) is 5.78 Å². The summed E-state index contributed by atoms with van der Waals surface area (Å²) in [6, 6.07) is 17.4. The van der Waals surface area contributed by atoms with Crippen LogP contribution < -0.4 is 0 Å². The molecule has 30 heavy (non-hydrogen) atoms. The van der Waals surface area contributed by atoms with Gasteiger partial charge in [0.05, 0.1) is 26.6 Å². The van der Waals surface area contributed by atoms with Crippen molar-refractivity contribution in [1.82, 2.24) is 9.97 Å². The second kappa shape index (κ2) is 8.63. The van der Waals surface area contributed by atoms with Crippen LogP contribution in [-0.2, 0) is 6.42 Å². The molecule has 0 radical (unpaired) electrons. The molecule has 0 saturated carbocycles. The highest BCUT2D eigenvalue weighted by Gasteiger charge is 2.14. The van der Waals surface area contributed by atoms with Crippen molar-refractivity contribution in [2.45, 2.75) is 33.1 Å². The highest BCUT2D eigenvalue weighted by Crippen LogP contribution is 2.34. The normalized spacial score (nSPS) is 11.2. The Hall–Kier alpha value is -2.62. The lowest BCUT2D eigenvalue weighted by Gasteiger charge is -2.05. The number of aryl methyl sites for hydroxylation is 3. The van der Waals surface area contributed by atoms with Gasteiger partial charge in [0.1, 0.15) is 5.82 Å². The van der Waals surface area contributed by atoms with E-state index in [9.17, 15) is 4.79 Å². The van der Waals surface area contributed by atoms with Crippen LogP contribution in [0.4, 0.5) is 0 Å². The summed E-state index contributed by atoms with van der Waals surface area (Å²) in [5.74, 6) is 0.729. The van der Waals surface area contributed by atoms with E-state index in [0.717, 1.165) is 23.9 Å². The smallest absolute Gasteiger partial charge is 0.162 e. The van der Waals surface area contributed by atoms with Crippen LogP contribution >= 0.6 is 23.2 Å². The molecule has 0 bridgehead atoms. The third kappa shape index (κ3) is 4.28. The van der Waals surface area contributed by atoms with Gasteiger partial charge in [-0.1, -0.05) is 47.5 Å². The van der Waals surface area contributed by atoms with E-state index in [1.54, 1.807) is 18.2 Å². The molecule has 3 nitrogen and oxygen atoms in total. The van der Waals surface area contributed by atoms with Crippen molar-refractivity contribution in [1.29, 1.82) is 0 Å². The molecular weight excluding hydrogens is 415 g/mol. The lowest BCUT2D eigenvalue weighted by Crippen LogP contribution is -2.00. The van der Waals surface area contributed by atoms with Crippen molar-refractivity contribution < 1.29 is 4.79 Å². The second-order valence-electron chi connectivity index (χ2n) is 7.61. The van der Waals surface area contributed by atoms with E-state index in [1.165, 1.54) is 16.7 Å². The zero-order chi connectivity index (χ0) is 21.3. The van der Waals surface area contributed by atoms with Gasteiger partial charge in [-0.3, -0.25) is 4.79 Å². The van der Waals surface area contributed by atoms with Crippen LogP contribution in [0, 0.1) is 13.8 Å². The van der Waals surface area contributed by atoms with Gasteiger partial charge in [-0.15, -0.1) is 0 Å². The number of imidazole rings is 1. The predicted octanol–water partition coefficient (Wildman–Crippen LogP) is 7.36. The lowest BCUT2D eigenvalue weighted by atomic mass is 10.00. The maximum Gasteiger partial charge on any atom is 0.162 e. The summed E-state index contributed by atoms with van der Waals surface area (Å²) in [4.78, 5) is 20.5. The van der Waals surface area contributed by atoms with Crippen molar-refractivity contribution in [2.75, 3.05) is 0 Å². The zero-order valence-corrected chi connectivity index (χ0v) is 18.4. The number of fused-ring (bicyclic) bond motifs is 1. The van der Waals surface area contributed by atoms with Crippen LogP contribution in [0.15, 0.2) is 54.6 Å². The number of ketones is 1. The molecule has 4 aromatic rings. The van der Waals surface area contributed by atoms with E-state index in [2.05, 4.69) is 42.0 Å². The summed E-state index contributed by atoms with van der Waals surface area (Å²) in [5, 5.41) is 1.06. The highest BCUT2D eigenvalue weighted by atomic mass is 35.5. The molecule has 0 saturated heterocycles. The van der Waals surface area contributed by atoms with E-state index < -0.39 is 0 Å². The van der Waals surface area contributed by atoms with E-state index in [4.69, 9.17) is 23.2 Å². The van der Waals surface area contributed by atoms with Gasteiger partial charge in [-0.25, -0.2) is 4.98 Å². The molecule has 0 unspecified atom stereocenters. The molecule has 152 valence electrons. The molecule has 0 aliphatic heterocycles. The number of benzene rings is 3. The third-order valence-electron chi connectivity index (χ3n) is 5.44. The largest absolute Gasteiger partial charge is 0.338 e. The minimum Gasteiger partial charge on any atom is -0.338 e. The number of nitrogens with zero attached hydrogens (tertiary/aromatic N) is 1. The summed E-state index contributed by atoms with van der Waals surface area (Å²) >= 11 is 12.6. The van der Waals surface area contributed by atoms with Crippen LogP contribution in [0.3, 0.4) is 0 Å². The summed E-state index contributed by atoms with van der Waals surface area (Å²) in [6.45, 7) is 4.23. The van der Waals surface area contributed by atoms with Crippen molar-refractivity contribution in [3.63, 3.8) is 0 Å². The Bertz CT molecular complexity index is 1220. The number of hydrogen-bond acceptors (Lipinski definition) is 2. The minimum absolute atomic E-state index is 0.132. The molecular formula is C25H22Cl2N2O. The van der Waals surface area contributed by atoms with Crippen LogP contribution in [0.2, 0.25) is 10.0 Å². The van der Waals surface area contributed by atoms with E-state index in [1.807, 2.05) is 18.2 Å². The first-order valence-electron chi connectivity index (χ1n) is 9.96. The van der Waals surface area contributed by atoms with E-state index in [0.29, 0.717) is 33.4 Å². The number of hydrogen-bond donors (Lipinski definition) is 1. The molecule has 4 rings (SSSR count). The van der Waals surface area contributed by atoms with Gasteiger partial charge >= 0.3 is 0 Å². The Morgan fingerprint density at radius 1 is 0.967 bits per heavy atom. The average molecular weight is 437 g/mol. The standard InChI is InChI=1S/C25H22Cl2N2O/c1-15-9-10-17(13-16(15)2)5-3-8-23(30)18-11-12-21-22(14-18)29-25(28-21)24-19(26)6-4-7-20(24)27/h4,6-7,9-14H,3,5,8H2,1-2H3,(H,28,29). The minimum atomic E-state index is 0.132. The van der Waals surface area contributed by atoms with Gasteiger partial charge in [0.25, 0.3) is 0 Å². The first-order valence-corrected chi connectivity index (χ1v) is 10.7. The lowest BCUT2D eigenvalue weighted by molar-refractivity contribution is 0.0980. The Labute approximate surface area is 186 Å². The quantitative estimate of drug-likeness (QED) is 0.320. The summed E-state index contributed by atoms with van der Waals surface area (Å²) in [6.07, 6.45) is 2.23. The van der Waals surface area contributed by atoms with Crippen molar-refractivity contribution in [3.8, 4) is 11.4 Å². The Kier molecular flexibility index (Phi) is 5.94. The van der Waals surface area contributed by atoms with E-state index >= 15 is 0 Å². The van der Waals surface area contributed by atoms with Crippen molar-refractivity contribution in [3.05, 3.63) is 86.9 Å². The van der Waals surface area contributed by atoms with Crippen LogP contribution in [-0.4, -0.2) is 15.8 Å². The van der Waals surface area contributed by atoms with Crippen molar-refractivity contribution >= 4 is 40.0 Å².